The van der Waals surface area contributed by atoms with E-state index in [9.17, 15) is 24.4 Å². The van der Waals surface area contributed by atoms with Crippen molar-refractivity contribution in [3.8, 4) is 11.8 Å². The molecule has 4 fully saturated rings. The van der Waals surface area contributed by atoms with Crippen LogP contribution < -0.4 is 19.9 Å². The highest BCUT2D eigenvalue weighted by Gasteiger charge is 2.45. The Labute approximate surface area is 360 Å². The Balaban J connectivity index is 0.719. The van der Waals surface area contributed by atoms with Gasteiger partial charge in [-0.2, -0.15) is 5.26 Å². The minimum absolute atomic E-state index is 0.0995. The molecule has 314 valence electrons. The Kier molecular flexibility index (Phi) is 10.8. The molecule has 4 aromatic rings. The summed E-state index contributed by atoms with van der Waals surface area (Å²) in [6.45, 7) is 11.4. The molecule has 0 bridgehead atoms. The molecule has 1 aromatic heterocycles. The highest BCUT2D eigenvalue weighted by Crippen LogP contribution is 2.43. The molecule has 6 heterocycles. The summed E-state index contributed by atoms with van der Waals surface area (Å²) in [6, 6.07) is 22.0. The number of anilines is 2. The number of halogens is 1. The maximum absolute atomic E-state index is 13.3. The van der Waals surface area contributed by atoms with Gasteiger partial charge in [-0.3, -0.25) is 29.4 Å². The number of carbonyl (C=O) groups is 4. The number of amides is 4. The minimum atomic E-state index is -0.962. The molecule has 13 nitrogen and oxygen atoms in total. The summed E-state index contributed by atoms with van der Waals surface area (Å²) >= 11 is 6.31. The minimum Gasteiger partial charge on any atom is -0.487 e. The molecule has 0 saturated carbocycles. The van der Waals surface area contributed by atoms with Crippen molar-refractivity contribution in [2.24, 2.45) is 11.3 Å². The van der Waals surface area contributed by atoms with Crippen LogP contribution in [-0.4, -0.2) is 95.3 Å². The molecule has 3 aromatic carbocycles. The number of likely N-dealkylation sites (tertiary alicyclic amines) is 1. The van der Waals surface area contributed by atoms with Gasteiger partial charge in [-0.25, -0.2) is 9.97 Å². The maximum atomic E-state index is 13.3. The topological polar surface area (TPSA) is 152 Å². The average molecular weight is 841 g/mol. The van der Waals surface area contributed by atoms with Crippen LogP contribution in [0.25, 0.3) is 0 Å². The molecule has 4 amide bonds. The number of carbonyl (C=O) groups excluding carboxylic acids is 4. The molecule has 0 radical (unpaired) electrons. The molecule has 61 heavy (non-hydrogen) atoms. The van der Waals surface area contributed by atoms with Gasteiger partial charge in [0.25, 0.3) is 11.8 Å². The highest BCUT2D eigenvalue weighted by atomic mass is 35.5. The first-order valence-corrected chi connectivity index (χ1v) is 21.6. The van der Waals surface area contributed by atoms with Crippen molar-refractivity contribution in [2.45, 2.75) is 70.4 Å². The number of nitrogens with zero attached hydrogens (tertiary/aromatic N) is 7. The van der Waals surface area contributed by atoms with Crippen molar-refractivity contribution in [3.63, 3.8) is 0 Å². The number of hydrogen-bond acceptors (Lipinski definition) is 11. The average Bonchev–Trinajstić information content (AvgIpc) is 3.49. The van der Waals surface area contributed by atoms with E-state index in [1.54, 1.807) is 18.2 Å². The largest absolute Gasteiger partial charge is 0.487 e. The standard InChI is InChI=1S/C47H49ClN8O5/c1-46(2,33-21-30(25-49)22-34(48)23-33)32-3-6-37(7-4-32)61-29-35-11-16-50-45(51-35)54-19-14-47(15-20-54)12-17-53(18-13-47)26-31-27-55(28-31)36-5-8-38-39(24-36)44(60)56(43(38)59)40-9-10-41(57)52-42(40)58/h3-8,11,16,21-24,31,40H,9-10,12-15,17-20,26-29H2,1-2H3,(H,52,57,58). The maximum Gasteiger partial charge on any atom is 0.262 e. The third-order valence-electron chi connectivity index (χ3n) is 13.7. The number of aromatic nitrogens is 2. The molecule has 0 aliphatic carbocycles. The normalized spacial score (nSPS) is 20.7. The smallest absolute Gasteiger partial charge is 0.262 e. The Morgan fingerprint density at radius 3 is 2.31 bits per heavy atom. The predicted octanol–water partition coefficient (Wildman–Crippen LogP) is 6.13. The van der Waals surface area contributed by atoms with E-state index < -0.39 is 23.8 Å². The van der Waals surface area contributed by atoms with Crippen LogP contribution in [0.2, 0.25) is 5.02 Å². The van der Waals surface area contributed by atoms with E-state index in [-0.39, 0.29) is 24.2 Å². The second-order valence-electron chi connectivity index (χ2n) is 17.9. The molecule has 5 aliphatic rings. The van der Waals surface area contributed by atoms with Crippen LogP contribution in [0.3, 0.4) is 0 Å². The molecule has 9 rings (SSSR count). The molecule has 1 N–H and O–H groups in total. The summed E-state index contributed by atoms with van der Waals surface area (Å²) in [5, 5.41) is 12.2. The van der Waals surface area contributed by atoms with E-state index in [1.165, 1.54) is 12.8 Å². The summed E-state index contributed by atoms with van der Waals surface area (Å²) in [6.07, 6.45) is 6.68. The molecule has 1 spiro atoms. The van der Waals surface area contributed by atoms with Gasteiger partial charge < -0.3 is 19.4 Å². The third-order valence-corrected chi connectivity index (χ3v) is 13.9. The Morgan fingerprint density at radius 2 is 1.59 bits per heavy atom. The first kappa shape index (κ1) is 40.6. The van der Waals surface area contributed by atoms with Crippen molar-refractivity contribution in [3.05, 3.63) is 111 Å². The lowest BCUT2D eigenvalue weighted by Crippen LogP contribution is -2.54. The van der Waals surface area contributed by atoms with Crippen molar-refractivity contribution in [1.29, 1.82) is 5.26 Å². The number of imide groups is 2. The lowest BCUT2D eigenvalue weighted by atomic mass is 9.71. The summed E-state index contributed by atoms with van der Waals surface area (Å²) in [5.74, 6) is 0.0998. The van der Waals surface area contributed by atoms with E-state index in [0.29, 0.717) is 39.7 Å². The quantitative estimate of drug-likeness (QED) is 0.184. The molecule has 1 unspecified atom stereocenters. The van der Waals surface area contributed by atoms with E-state index >= 15 is 0 Å². The lowest BCUT2D eigenvalue weighted by Gasteiger charge is -2.49. The molecule has 14 heteroatoms. The van der Waals surface area contributed by atoms with Gasteiger partial charge in [0, 0.05) is 67.4 Å². The van der Waals surface area contributed by atoms with Gasteiger partial charge in [0.05, 0.1) is 28.5 Å². The SMILES string of the molecule is CC(C)(c1ccc(OCc2ccnc(N3CCC4(CCN(CC5CN(c6ccc7c(c6)C(=O)N(C6CCC(=O)NC6=O)C7=O)C5)CC4)CC3)n2)cc1)c1cc(Cl)cc(C#N)c1. The lowest BCUT2D eigenvalue weighted by molar-refractivity contribution is -0.136. The number of piperidine rings is 3. The van der Waals surface area contributed by atoms with E-state index in [2.05, 4.69) is 57.0 Å². The summed E-state index contributed by atoms with van der Waals surface area (Å²) < 4.78 is 6.16. The van der Waals surface area contributed by atoms with Gasteiger partial charge in [-0.05, 0) is 116 Å². The summed E-state index contributed by atoms with van der Waals surface area (Å²) in [5.41, 5.74) is 4.98. The zero-order valence-electron chi connectivity index (χ0n) is 34.5. The van der Waals surface area contributed by atoms with Gasteiger partial charge in [-0.15, -0.1) is 0 Å². The molecular weight excluding hydrogens is 792 g/mol. The second kappa shape index (κ2) is 16.2. The third kappa shape index (κ3) is 8.07. The van der Waals surface area contributed by atoms with Gasteiger partial charge in [0.2, 0.25) is 17.8 Å². The monoisotopic (exact) mass is 840 g/mol. The predicted molar refractivity (Wildman–Crippen MR) is 229 cm³/mol. The first-order valence-electron chi connectivity index (χ1n) is 21.2. The Bertz CT molecular complexity index is 2430. The number of ether oxygens (including phenoxy) is 1. The van der Waals surface area contributed by atoms with Gasteiger partial charge in [-0.1, -0.05) is 37.6 Å². The van der Waals surface area contributed by atoms with Crippen LogP contribution in [0, 0.1) is 22.7 Å². The number of benzene rings is 3. The van der Waals surface area contributed by atoms with Crippen molar-refractivity contribution < 1.29 is 23.9 Å². The number of rotatable bonds is 10. The molecule has 5 aliphatic heterocycles. The summed E-state index contributed by atoms with van der Waals surface area (Å²) in [7, 11) is 0. The van der Waals surface area contributed by atoms with Crippen LogP contribution in [0.4, 0.5) is 11.6 Å². The fraction of sp³-hybridized carbons (Fsp3) is 0.426. The molecular formula is C47H49ClN8O5. The van der Waals surface area contributed by atoms with Gasteiger partial charge in [0.15, 0.2) is 0 Å². The van der Waals surface area contributed by atoms with Crippen LogP contribution in [0.15, 0.2) is 72.9 Å². The van der Waals surface area contributed by atoms with E-state index in [4.69, 9.17) is 21.3 Å². The first-order chi connectivity index (χ1) is 29.4. The van der Waals surface area contributed by atoms with Crippen molar-refractivity contribution in [1.82, 2.24) is 25.1 Å². The number of fused-ring (bicyclic) bond motifs is 1. The zero-order valence-corrected chi connectivity index (χ0v) is 35.3. The Morgan fingerprint density at radius 1 is 0.869 bits per heavy atom. The van der Waals surface area contributed by atoms with E-state index in [0.717, 1.165) is 97.8 Å². The van der Waals surface area contributed by atoms with Crippen LogP contribution in [0.5, 0.6) is 5.75 Å². The number of nitriles is 1. The van der Waals surface area contributed by atoms with Crippen molar-refractivity contribution in [2.75, 3.05) is 55.6 Å². The Hall–Kier alpha value is -5.84. The van der Waals surface area contributed by atoms with Gasteiger partial charge >= 0.3 is 0 Å². The van der Waals surface area contributed by atoms with Crippen LogP contribution in [0.1, 0.15) is 95.5 Å². The van der Waals surface area contributed by atoms with E-state index in [1.807, 2.05) is 42.6 Å². The summed E-state index contributed by atoms with van der Waals surface area (Å²) in [4.78, 5) is 68.2. The molecule has 1 atom stereocenters. The fourth-order valence-electron chi connectivity index (χ4n) is 9.73. The highest BCUT2D eigenvalue weighted by molar-refractivity contribution is 6.30. The number of hydrogen-bond donors (Lipinski definition) is 1. The van der Waals surface area contributed by atoms with Gasteiger partial charge in [0.1, 0.15) is 18.4 Å². The molecule has 4 saturated heterocycles. The number of nitrogens with one attached hydrogen (secondary N) is 1. The van der Waals surface area contributed by atoms with Crippen LogP contribution in [-0.2, 0) is 21.6 Å². The van der Waals surface area contributed by atoms with Crippen LogP contribution >= 0.6 is 11.6 Å². The van der Waals surface area contributed by atoms with Crippen molar-refractivity contribution >= 4 is 46.9 Å². The second-order valence-corrected chi connectivity index (χ2v) is 18.3. The zero-order chi connectivity index (χ0) is 42.5. The fourth-order valence-corrected chi connectivity index (χ4v) is 9.97.